The molecule has 0 radical (unpaired) electrons. The van der Waals surface area contributed by atoms with Gasteiger partial charge in [0.1, 0.15) is 17.2 Å². The molecule has 0 atom stereocenters. The predicted octanol–water partition coefficient (Wildman–Crippen LogP) is 6.21. The fourth-order valence-electron chi connectivity index (χ4n) is 2.51. The molecule has 0 fully saturated rings. The average molecular weight is 369 g/mol. The van der Waals surface area contributed by atoms with Gasteiger partial charge >= 0.3 is 0 Å². The smallest absolute Gasteiger partial charge is 0.210 e. The van der Waals surface area contributed by atoms with Gasteiger partial charge in [0.05, 0.1) is 6.61 Å². The minimum Gasteiger partial charge on any atom is -0.494 e. The van der Waals surface area contributed by atoms with Crippen molar-refractivity contribution in [3.63, 3.8) is 0 Å². The summed E-state index contributed by atoms with van der Waals surface area (Å²) in [6, 6.07) is 17.8. The maximum Gasteiger partial charge on any atom is 0.210 e. The minimum atomic E-state index is 0.760. The summed E-state index contributed by atoms with van der Waals surface area (Å²) in [5.74, 6) is 1.69. The van der Waals surface area contributed by atoms with E-state index >= 15 is 0 Å². The van der Waals surface area contributed by atoms with Crippen molar-refractivity contribution in [3.8, 4) is 27.8 Å². The number of thiazole rings is 1. The second-order valence-electron chi connectivity index (χ2n) is 5.90. The Morgan fingerprint density at radius 2 is 1.73 bits per heavy atom. The van der Waals surface area contributed by atoms with Gasteiger partial charge in [-0.1, -0.05) is 49.3 Å². The highest BCUT2D eigenvalue weighted by Crippen LogP contribution is 2.40. The molecule has 0 saturated carbocycles. The first kappa shape index (κ1) is 18.3. The van der Waals surface area contributed by atoms with Crippen LogP contribution in [0.2, 0.25) is 0 Å². The average Bonchev–Trinajstić information content (AvgIpc) is 3.09. The number of rotatable bonds is 9. The molecule has 1 aromatic heterocycles. The predicted molar refractivity (Wildman–Crippen MR) is 109 cm³/mol. The first-order valence-electron chi connectivity index (χ1n) is 8.95. The van der Waals surface area contributed by atoms with Crippen LogP contribution in [0.3, 0.4) is 0 Å². The monoisotopic (exact) mass is 368 g/mol. The van der Waals surface area contributed by atoms with Crippen molar-refractivity contribution in [1.29, 1.82) is 0 Å². The second-order valence-corrected chi connectivity index (χ2v) is 6.86. The van der Waals surface area contributed by atoms with E-state index in [2.05, 4.69) is 17.2 Å². The van der Waals surface area contributed by atoms with Crippen LogP contribution in [0, 0.1) is 0 Å². The quantitative estimate of drug-likeness (QED) is 0.456. The molecule has 0 aliphatic rings. The first-order valence-corrected chi connectivity index (χ1v) is 9.76. The maximum atomic E-state index is 6.05. The molecule has 0 aliphatic carbocycles. The van der Waals surface area contributed by atoms with Crippen molar-refractivity contribution < 1.29 is 9.47 Å². The van der Waals surface area contributed by atoms with Gasteiger partial charge in [-0.3, -0.25) is 0 Å². The van der Waals surface area contributed by atoms with Crippen LogP contribution in [0.4, 0.5) is 5.13 Å². The summed E-state index contributed by atoms with van der Waals surface area (Å²) in [6.45, 7) is 2.95. The Labute approximate surface area is 158 Å². The minimum absolute atomic E-state index is 0.760. The molecule has 0 saturated heterocycles. The third-order valence-corrected chi connectivity index (χ3v) is 4.86. The number of benzene rings is 2. The Bertz CT molecular complexity index is 801. The number of aromatic nitrogens is 1. The summed E-state index contributed by atoms with van der Waals surface area (Å²) in [4.78, 5) is 4.65. The van der Waals surface area contributed by atoms with Crippen LogP contribution in [0.15, 0.2) is 54.6 Å². The lowest BCUT2D eigenvalue weighted by molar-refractivity contribution is 0.306. The molecule has 5 heteroatoms. The highest BCUT2D eigenvalue weighted by molar-refractivity contribution is 7.17. The molecule has 26 heavy (non-hydrogen) atoms. The molecule has 1 N–H and O–H groups in total. The molecule has 2 aromatic carbocycles. The number of nitrogens with zero attached hydrogens (tertiary/aromatic N) is 1. The van der Waals surface area contributed by atoms with Gasteiger partial charge in [-0.05, 0) is 42.8 Å². The summed E-state index contributed by atoms with van der Waals surface area (Å²) >= 11 is 1.50. The zero-order chi connectivity index (χ0) is 18.2. The van der Waals surface area contributed by atoms with E-state index in [0.717, 1.165) is 46.0 Å². The molecule has 0 unspecified atom stereocenters. The first-order chi connectivity index (χ1) is 12.8. The van der Waals surface area contributed by atoms with E-state index in [1.165, 1.54) is 24.2 Å². The zero-order valence-corrected chi connectivity index (χ0v) is 16.0. The van der Waals surface area contributed by atoms with Crippen molar-refractivity contribution in [2.75, 3.05) is 19.0 Å². The summed E-state index contributed by atoms with van der Waals surface area (Å²) in [7, 11) is 1.86. The van der Waals surface area contributed by atoms with Crippen molar-refractivity contribution in [2.24, 2.45) is 0 Å². The lowest BCUT2D eigenvalue weighted by Gasteiger charge is -2.08. The van der Waals surface area contributed by atoms with Gasteiger partial charge in [0, 0.05) is 12.6 Å². The highest BCUT2D eigenvalue weighted by atomic mass is 32.1. The number of nitrogens with one attached hydrogen (secondary N) is 1. The summed E-state index contributed by atoms with van der Waals surface area (Å²) in [6.07, 6.45) is 3.49. The third kappa shape index (κ3) is 4.76. The summed E-state index contributed by atoms with van der Waals surface area (Å²) in [5.41, 5.74) is 1.84. The zero-order valence-electron chi connectivity index (χ0n) is 15.2. The van der Waals surface area contributed by atoms with Crippen LogP contribution < -0.4 is 14.8 Å². The number of ether oxygens (including phenoxy) is 2. The molecule has 0 bridgehead atoms. The van der Waals surface area contributed by atoms with Crippen LogP contribution in [-0.2, 0) is 0 Å². The molecule has 0 amide bonds. The molecule has 1 heterocycles. The van der Waals surface area contributed by atoms with Gasteiger partial charge in [0.25, 0.3) is 0 Å². The Kier molecular flexibility index (Phi) is 6.50. The van der Waals surface area contributed by atoms with E-state index in [4.69, 9.17) is 9.47 Å². The summed E-state index contributed by atoms with van der Waals surface area (Å²) < 4.78 is 11.8. The lowest BCUT2D eigenvalue weighted by atomic mass is 10.1. The second kappa shape index (κ2) is 9.25. The SMILES string of the molecule is CCCCCOc1ccc(-c2nc(NC)sc2Oc2ccccc2)cc1. The topological polar surface area (TPSA) is 43.4 Å². The molecular weight excluding hydrogens is 344 g/mol. The van der Waals surface area contributed by atoms with Crippen LogP contribution in [-0.4, -0.2) is 18.6 Å². The Morgan fingerprint density at radius 1 is 0.962 bits per heavy atom. The van der Waals surface area contributed by atoms with Gasteiger partial charge in [-0.15, -0.1) is 0 Å². The number of para-hydroxylation sites is 1. The van der Waals surface area contributed by atoms with Crippen LogP contribution in [0.25, 0.3) is 11.3 Å². The maximum absolute atomic E-state index is 6.05. The van der Waals surface area contributed by atoms with E-state index < -0.39 is 0 Å². The molecule has 136 valence electrons. The fraction of sp³-hybridized carbons (Fsp3) is 0.286. The van der Waals surface area contributed by atoms with Crippen molar-refractivity contribution >= 4 is 16.5 Å². The molecule has 0 spiro atoms. The Balaban J connectivity index is 1.76. The van der Waals surface area contributed by atoms with E-state index in [0.29, 0.717) is 0 Å². The van der Waals surface area contributed by atoms with Crippen molar-refractivity contribution in [2.45, 2.75) is 26.2 Å². The van der Waals surface area contributed by atoms with Gasteiger partial charge in [0.15, 0.2) is 5.13 Å². The Morgan fingerprint density at radius 3 is 2.42 bits per heavy atom. The summed E-state index contributed by atoms with van der Waals surface area (Å²) in [5, 5.41) is 4.70. The van der Waals surface area contributed by atoms with Crippen LogP contribution >= 0.6 is 11.3 Å². The van der Waals surface area contributed by atoms with E-state index in [1.807, 2.05) is 61.6 Å². The van der Waals surface area contributed by atoms with E-state index in [-0.39, 0.29) is 0 Å². The molecule has 4 nitrogen and oxygen atoms in total. The molecule has 0 aliphatic heterocycles. The van der Waals surface area contributed by atoms with Gasteiger partial charge in [0.2, 0.25) is 5.06 Å². The normalized spacial score (nSPS) is 10.5. The lowest BCUT2D eigenvalue weighted by Crippen LogP contribution is -1.96. The van der Waals surface area contributed by atoms with E-state index in [9.17, 15) is 0 Å². The number of hydrogen-bond acceptors (Lipinski definition) is 5. The standard InChI is InChI=1S/C21H24N2O2S/c1-3-4-8-15-24-17-13-11-16(12-14-17)19-20(26-21(22-2)23-19)25-18-9-6-5-7-10-18/h5-7,9-14H,3-4,8,15H2,1-2H3,(H,22,23). The Hall–Kier alpha value is -2.53. The van der Waals surface area contributed by atoms with Crippen molar-refractivity contribution in [1.82, 2.24) is 4.98 Å². The number of hydrogen-bond donors (Lipinski definition) is 1. The van der Waals surface area contributed by atoms with E-state index in [1.54, 1.807) is 0 Å². The largest absolute Gasteiger partial charge is 0.494 e. The molecular formula is C21H24N2O2S. The molecule has 3 rings (SSSR count). The van der Waals surface area contributed by atoms with Gasteiger partial charge in [-0.25, -0.2) is 4.98 Å². The van der Waals surface area contributed by atoms with Gasteiger partial charge < -0.3 is 14.8 Å². The van der Waals surface area contributed by atoms with Gasteiger partial charge in [-0.2, -0.15) is 0 Å². The van der Waals surface area contributed by atoms with Crippen LogP contribution in [0.1, 0.15) is 26.2 Å². The van der Waals surface area contributed by atoms with Crippen molar-refractivity contribution in [3.05, 3.63) is 54.6 Å². The highest BCUT2D eigenvalue weighted by Gasteiger charge is 2.15. The fourth-order valence-corrected chi connectivity index (χ4v) is 3.32. The third-order valence-electron chi connectivity index (χ3n) is 3.91. The van der Waals surface area contributed by atoms with Crippen LogP contribution in [0.5, 0.6) is 16.6 Å². The number of anilines is 1. The molecule has 3 aromatic rings. The number of unbranched alkanes of at least 4 members (excludes halogenated alkanes) is 2.